The summed E-state index contributed by atoms with van der Waals surface area (Å²) in [6, 6.07) is 6.37. The fourth-order valence-electron chi connectivity index (χ4n) is 8.45. The van der Waals surface area contributed by atoms with Gasteiger partial charge in [0.25, 0.3) is 0 Å². The van der Waals surface area contributed by atoms with E-state index in [0.717, 1.165) is 18.0 Å². The lowest BCUT2D eigenvalue weighted by Gasteiger charge is -2.38. The van der Waals surface area contributed by atoms with Gasteiger partial charge in [0, 0.05) is 25.9 Å². The van der Waals surface area contributed by atoms with Crippen LogP contribution in [0.2, 0.25) is 0 Å². The third kappa shape index (κ3) is 33.5. The molecule has 2 fully saturated rings. The molecule has 0 bridgehead atoms. The average molecular weight is 1370 g/mol. The van der Waals surface area contributed by atoms with Gasteiger partial charge in [-0.3, -0.25) is 24.4 Å². The number of hydrogen-bond acceptors (Lipinski definition) is 28. The van der Waals surface area contributed by atoms with Crippen LogP contribution in [0.15, 0.2) is 55.1 Å². The van der Waals surface area contributed by atoms with Gasteiger partial charge in [0.2, 0.25) is 17.7 Å². The molecule has 2 aliphatic rings. The van der Waals surface area contributed by atoms with Gasteiger partial charge in [-0.05, 0) is 5.56 Å². The van der Waals surface area contributed by atoms with Gasteiger partial charge < -0.3 is 113 Å². The summed E-state index contributed by atoms with van der Waals surface area (Å²) in [6.45, 7) is 1.92. The lowest BCUT2D eigenvalue weighted by atomic mass is 9.98. The molecular weight excluding hydrogens is 1290 g/mol. The second kappa shape index (κ2) is 45.3. The van der Waals surface area contributed by atoms with E-state index in [1.54, 1.807) is 24.3 Å². The van der Waals surface area contributed by atoms with E-state index in [-0.39, 0.29) is 201 Å². The summed E-state index contributed by atoms with van der Waals surface area (Å²) >= 11 is 0. The zero-order valence-corrected chi connectivity index (χ0v) is 52.1. The number of nitrogens with one attached hydrogen (secondary N) is 5. The molecule has 3 amide bonds. The summed E-state index contributed by atoms with van der Waals surface area (Å²) < 4.78 is 155. The standard InChI is InChI=1S/C58H85F6N9O22/c59-57(60,61)45-26-65-28-47(72-45)70-41-33-93-43(55(80)53(41)78)35-90-24-22-86-20-18-84-16-14-82-12-8-67-49(74)6-10-88-31-40(69-51(76)37-92-38-52(77)95-30-39-4-2-1-3-5-39)32-89-11-7-50(75)68-9-13-83-15-17-85-19-21-87-23-25-91-36-44-56(81)54(79)42(34-94-44)71-48-29-66-27-46(73-48)58(62,63)64/h1-5,26-29,40-44,53-56,78-81H,6-25,30-38H2,(H,67,74)(H,68,75)(H,69,76)(H,70,72)(H,71,73)/t41-,42-,43+,44+,53+,54+,55-,56-/m0/s1. The minimum atomic E-state index is -4.71. The van der Waals surface area contributed by atoms with Crippen molar-refractivity contribution in [2.45, 2.75) is 86.6 Å². The van der Waals surface area contributed by atoms with Gasteiger partial charge in [-0.25, -0.2) is 14.8 Å². The molecule has 2 aromatic heterocycles. The smallest absolute Gasteiger partial charge is 0.434 e. The van der Waals surface area contributed by atoms with Crippen LogP contribution in [0.25, 0.3) is 0 Å². The number of halogens is 6. The van der Waals surface area contributed by atoms with Crippen molar-refractivity contribution in [3.8, 4) is 0 Å². The number of carbonyl (C=O) groups excluding carboxylic acids is 4. The van der Waals surface area contributed by atoms with Gasteiger partial charge in [-0.15, -0.1) is 0 Å². The summed E-state index contributed by atoms with van der Waals surface area (Å²) in [5, 5.41) is 55.4. The van der Waals surface area contributed by atoms with E-state index in [1.807, 2.05) is 6.07 Å². The van der Waals surface area contributed by atoms with Crippen molar-refractivity contribution in [2.24, 2.45) is 0 Å². The Bertz CT molecular complexity index is 2490. The number of nitrogens with zero attached hydrogens (tertiary/aromatic N) is 4. The molecule has 5 rings (SSSR count). The molecule has 0 saturated carbocycles. The van der Waals surface area contributed by atoms with Gasteiger partial charge in [-0.2, -0.15) is 26.3 Å². The van der Waals surface area contributed by atoms with Crippen LogP contribution < -0.4 is 26.6 Å². The first-order valence-electron chi connectivity index (χ1n) is 30.4. The third-order valence-corrected chi connectivity index (χ3v) is 13.4. The van der Waals surface area contributed by atoms with Gasteiger partial charge in [0.05, 0.1) is 188 Å². The Morgan fingerprint density at radius 2 is 0.905 bits per heavy atom. The molecule has 37 heteroatoms. The first kappa shape index (κ1) is 79.4. The maximum absolute atomic E-state index is 13.0. The zero-order valence-electron chi connectivity index (χ0n) is 52.1. The molecule has 1 aromatic carbocycles. The van der Waals surface area contributed by atoms with Crippen molar-refractivity contribution in [3.63, 3.8) is 0 Å². The van der Waals surface area contributed by atoms with E-state index < -0.39 is 104 Å². The van der Waals surface area contributed by atoms with Crippen LogP contribution in [0.4, 0.5) is 38.0 Å². The van der Waals surface area contributed by atoms with E-state index in [2.05, 4.69) is 46.5 Å². The van der Waals surface area contributed by atoms with Gasteiger partial charge in [0.15, 0.2) is 11.4 Å². The van der Waals surface area contributed by atoms with Crippen molar-refractivity contribution in [1.82, 2.24) is 35.9 Å². The van der Waals surface area contributed by atoms with Crippen LogP contribution in [-0.4, -0.2) is 290 Å². The summed E-state index contributed by atoms with van der Waals surface area (Å²) in [7, 11) is 0. The van der Waals surface area contributed by atoms with Gasteiger partial charge in [-0.1, -0.05) is 30.3 Å². The highest BCUT2D eigenvalue weighted by Gasteiger charge is 2.41. The number of carbonyl (C=O) groups is 4. The SMILES string of the molecule is O=C(CCOCC(COCCC(=O)NCCOCCOCCOCCOC[C@H]1OC[C@H](Nc2cncc(C(F)(F)F)n2)[C@@H](O)[C@H]1O)NC(=O)COCC(=O)OCc1ccccc1)NCCOCCOCCOCCOC[C@H]1OC[C@H](Nc2cncc(C(F)(F)F)n2)[C@@H](O)[C@H]1O. The summed E-state index contributed by atoms with van der Waals surface area (Å²) in [4.78, 5) is 63.8. The van der Waals surface area contributed by atoms with Crippen LogP contribution in [0.3, 0.4) is 0 Å². The van der Waals surface area contributed by atoms with Crippen LogP contribution in [-0.2, 0) is 104 Å². The van der Waals surface area contributed by atoms with Crippen molar-refractivity contribution < 1.29 is 132 Å². The Balaban J connectivity index is 0.826. The summed E-state index contributed by atoms with van der Waals surface area (Å²) in [5.74, 6) is -2.37. The minimum Gasteiger partial charge on any atom is -0.459 e. The number of rotatable bonds is 49. The number of esters is 1. The van der Waals surface area contributed by atoms with Crippen molar-refractivity contribution in [3.05, 3.63) is 72.1 Å². The Morgan fingerprint density at radius 1 is 0.495 bits per heavy atom. The Hall–Kier alpha value is -6.24. The number of alkyl halides is 6. The molecule has 95 heavy (non-hydrogen) atoms. The zero-order chi connectivity index (χ0) is 68.5. The van der Waals surface area contributed by atoms with Crippen molar-refractivity contribution in [1.29, 1.82) is 0 Å². The largest absolute Gasteiger partial charge is 0.459 e. The van der Waals surface area contributed by atoms with Crippen molar-refractivity contribution >= 4 is 35.3 Å². The number of aromatic nitrogens is 4. The van der Waals surface area contributed by atoms with Crippen LogP contribution >= 0.6 is 0 Å². The molecule has 8 atom stereocenters. The fourth-order valence-corrected chi connectivity index (χ4v) is 8.45. The highest BCUT2D eigenvalue weighted by Crippen LogP contribution is 2.29. The molecule has 2 saturated heterocycles. The van der Waals surface area contributed by atoms with E-state index in [9.17, 15) is 65.9 Å². The first-order chi connectivity index (χ1) is 45.8. The molecule has 0 spiro atoms. The number of aliphatic hydroxyl groups excluding tert-OH is 4. The molecule has 9 N–H and O–H groups in total. The van der Waals surface area contributed by atoms with E-state index in [0.29, 0.717) is 12.4 Å². The minimum absolute atomic E-state index is 0.0104. The third-order valence-electron chi connectivity index (χ3n) is 13.4. The number of benzene rings is 1. The highest BCUT2D eigenvalue weighted by atomic mass is 19.4. The van der Waals surface area contributed by atoms with Crippen LogP contribution in [0.1, 0.15) is 29.8 Å². The summed E-state index contributed by atoms with van der Waals surface area (Å²) in [6.07, 6.45) is -13.6. The van der Waals surface area contributed by atoms with Gasteiger partial charge in [0.1, 0.15) is 68.1 Å². The van der Waals surface area contributed by atoms with Crippen LogP contribution in [0, 0.1) is 0 Å². The maximum atomic E-state index is 13.0. The van der Waals surface area contributed by atoms with E-state index in [4.69, 9.17) is 66.3 Å². The Morgan fingerprint density at radius 3 is 1.33 bits per heavy atom. The van der Waals surface area contributed by atoms with E-state index >= 15 is 0 Å². The number of anilines is 2. The number of amides is 3. The second-order valence-corrected chi connectivity index (χ2v) is 20.9. The molecule has 2 aliphatic heterocycles. The van der Waals surface area contributed by atoms with Crippen molar-refractivity contribution in [2.75, 3.05) is 182 Å². The summed E-state index contributed by atoms with van der Waals surface area (Å²) in [5.41, 5.74) is -1.65. The van der Waals surface area contributed by atoms with Gasteiger partial charge >= 0.3 is 18.3 Å². The van der Waals surface area contributed by atoms with Crippen LogP contribution in [0.5, 0.6) is 0 Å². The van der Waals surface area contributed by atoms with E-state index in [1.165, 1.54) is 0 Å². The number of aliphatic hydroxyl groups is 4. The molecule has 0 radical (unpaired) electrons. The highest BCUT2D eigenvalue weighted by molar-refractivity contribution is 5.78. The monoisotopic (exact) mass is 1370 g/mol. The first-order valence-corrected chi connectivity index (χ1v) is 30.4. The number of ether oxygens (including phenoxy) is 14. The number of hydrogen-bond donors (Lipinski definition) is 9. The Kier molecular flexibility index (Phi) is 37.9. The predicted molar refractivity (Wildman–Crippen MR) is 315 cm³/mol. The quantitative estimate of drug-likeness (QED) is 0.0190. The normalized spacial score (nSPS) is 19.9. The molecule has 0 aliphatic carbocycles. The lowest BCUT2D eigenvalue weighted by molar-refractivity contribution is -0.161. The molecule has 0 unspecified atom stereocenters. The topological polar surface area (TPSA) is 390 Å². The second-order valence-electron chi connectivity index (χ2n) is 20.9. The molecule has 536 valence electrons. The molecule has 3 aromatic rings. The predicted octanol–water partition coefficient (Wildman–Crippen LogP) is -0.770. The fraction of sp³-hybridized carbons (Fsp3) is 0.690. The molecule has 4 heterocycles. The molecular formula is C58H85F6N9O22. The average Bonchev–Trinajstić information content (AvgIpc) is 0.903. The molecule has 31 nitrogen and oxygen atoms in total. The lowest BCUT2D eigenvalue weighted by Crippen LogP contribution is -2.57. The maximum Gasteiger partial charge on any atom is 0.434 e. The Labute approximate surface area is 543 Å².